The molecule has 4 aromatic heterocycles. The molecule has 0 aliphatic rings. The number of fused-ring (bicyclic) bond motifs is 5. The number of hydrogen-bond acceptors (Lipinski definition) is 5. The first-order valence-corrected chi connectivity index (χ1v) is 15.3. The fraction of sp³-hybridized carbons (Fsp3) is 0. The van der Waals surface area contributed by atoms with E-state index in [1.165, 1.54) is 0 Å². The molecule has 0 saturated heterocycles. The number of para-hydroxylation sites is 2. The van der Waals surface area contributed by atoms with E-state index in [0.717, 1.165) is 82.8 Å². The lowest BCUT2D eigenvalue weighted by atomic mass is 9.94. The quantitative estimate of drug-likeness (QED) is 0.192. The molecule has 5 aromatic carbocycles. The van der Waals surface area contributed by atoms with E-state index in [1.807, 2.05) is 48.8 Å². The molecule has 46 heavy (non-hydrogen) atoms. The molecule has 0 saturated carbocycles. The Balaban J connectivity index is 1.21. The Kier molecular flexibility index (Phi) is 6.06. The van der Waals surface area contributed by atoms with Gasteiger partial charge in [-0.05, 0) is 47.5 Å². The summed E-state index contributed by atoms with van der Waals surface area (Å²) in [4.78, 5) is 24.7. The summed E-state index contributed by atoms with van der Waals surface area (Å²) in [5.41, 5.74) is 10.5. The molecule has 0 radical (unpaired) electrons. The van der Waals surface area contributed by atoms with Crippen LogP contribution in [0.15, 0.2) is 152 Å². The molecule has 0 aliphatic carbocycles. The minimum absolute atomic E-state index is 0.655. The number of aromatic nitrogens is 5. The Morgan fingerprint density at radius 1 is 0.391 bits per heavy atom. The maximum Gasteiger partial charge on any atom is 0.162 e. The molecule has 5 heteroatoms. The fourth-order valence-corrected chi connectivity index (χ4v) is 6.36. The average molecular weight is 588 g/mol. The molecule has 0 fully saturated rings. The van der Waals surface area contributed by atoms with Crippen molar-refractivity contribution in [1.82, 2.24) is 24.9 Å². The van der Waals surface area contributed by atoms with Gasteiger partial charge in [-0.2, -0.15) is 0 Å². The SMILES string of the molecule is c1cc(-c2ccc3ccc4cccnc4c3n2)cc(-c2ccccc2-c2nc(-c3cccc4cccnc34)nc3ccccc23)c1. The van der Waals surface area contributed by atoms with Gasteiger partial charge in [0.2, 0.25) is 0 Å². The van der Waals surface area contributed by atoms with Gasteiger partial charge in [0.15, 0.2) is 5.82 Å². The molecule has 0 spiro atoms. The first kappa shape index (κ1) is 26.1. The van der Waals surface area contributed by atoms with Crippen molar-refractivity contribution < 1.29 is 0 Å². The molecule has 0 amide bonds. The van der Waals surface area contributed by atoms with Crippen LogP contribution in [0.2, 0.25) is 0 Å². The zero-order valence-electron chi connectivity index (χ0n) is 24.7. The molecule has 5 nitrogen and oxygen atoms in total. The van der Waals surface area contributed by atoms with Crippen LogP contribution in [0.25, 0.3) is 88.6 Å². The molecule has 0 aliphatic heterocycles. The third kappa shape index (κ3) is 4.37. The summed E-state index contributed by atoms with van der Waals surface area (Å²) < 4.78 is 0. The first-order chi connectivity index (χ1) is 22.8. The van der Waals surface area contributed by atoms with Crippen LogP contribution in [-0.2, 0) is 0 Å². The smallest absolute Gasteiger partial charge is 0.162 e. The standard InChI is InChI=1S/C41H25N5/c1-2-15-32(40-33-16-3-4-18-36(33)45-41(46-40)34-17-6-9-26-12-7-23-42-37(26)34)31(14-1)29-10-5-11-30(25-29)35-22-21-28-20-19-27-13-8-24-43-38(27)39(28)44-35/h1-25H. The third-order valence-corrected chi connectivity index (χ3v) is 8.56. The number of rotatable bonds is 4. The van der Waals surface area contributed by atoms with Gasteiger partial charge in [0.1, 0.15) is 0 Å². The van der Waals surface area contributed by atoms with Crippen LogP contribution in [0.3, 0.4) is 0 Å². The van der Waals surface area contributed by atoms with Crippen LogP contribution in [0, 0.1) is 0 Å². The van der Waals surface area contributed by atoms with E-state index in [9.17, 15) is 0 Å². The van der Waals surface area contributed by atoms with Crippen LogP contribution in [0.1, 0.15) is 0 Å². The topological polar surface area (TPSA) is 64.5 Å². The Morgan fingerprint density at radius 2 is 1.04 bits per heavy atom. The summed E-state index contributed by atoms with van der Waals surface area (Å²) >= 11 is 0. The zero-order chi connectivity index (χ0) is 30.5. The average Bonchev–Trinajstić information content (AvgIpc) is 3.14. The lowest BCUT2D eigenvalue weighted by Crippen LogP contribution is -1.97. The summed E-state index contributed by atoms with van der Waals surface area (Å²) in [6.07, 6.45) is 3.65. The van der Waals surface area contributed by atoms with Crippen molar-refractivity contribution in [1.29, 1.82) is 0 Å². The Bertz CT molecular complexity index is 2600. The van der Waals surface area contributed by atoms with Gasteiger partial charge < -0.3 is 0 Å². The summed E-state index contributed by atoms with van der Waals surface area (Å²) in [6, 6.07) is 47.9. The van der Waals surface area contributed by atoms with Gasteiger partial charge in [0.05, 0.1) is 33.5 Å². The van der Waals surface area contributed by atoms with Gasteiger partial charge >= 0.3 is 0 Å². The lowest BCUT2D eigenvalue weighted by molar-refractivity contribution is 1.23. The van der Waals surface area contributed by atoms with Crippen LogP contribution < -0.4 is 0 Å². The highest BCUT2D eigenvalue weighted by atomic mass is 14.9. The maximum atomic E-state index is 5.25. The monoisotopic (exact) mass is 587 g/mol. The molecular weight excluding hydrogens is 562 g/mol. The van der Waals surface area contributed by atoms with Crippen LogP contribution >= 0.6 is 0 Å². The number of hydrogen-bond donors (Lipinski definition) is 0. The van der Waals surface area contributed by atoms with E-state index in [1.54, 1.807) is 0 Å². The molecule has 214 valence electrons. The van der Waals surface area contributed by atoms with Crippen molar-refractivity contribution in [3.05, 3.63) is 152 Å². The van der Waals surface area contributed by atoms with Gasteiger partial charge in [0.25, 0.3) is 0 Å². The van der Waals surface area contributed by atoms with Crippen molar-refractivity contribution in [2.75, 3.05) is 0 Å². The minimum atomic E-state index is 0.655. The van der Waals surface area contributed by atoms with E-state index < -0.39 is 0 Å². The van der Waals surface area contributed by atoms with Crippen molar-refractivity contribution in [2.24, 2.45) is 0 Å². The van der Waals surface area contributed by atoms with E-state index in [0.29, 0.717) is 5.82 Å². The number of benzene rings is 5. The predicted molar refractivity (Wildman–Crippen MR) is 187 cm³/mol. The Hall–Kier alpha value is -6.33. The number of nitrogens with zero attached hydrogens (tertiary/aromatic N) is 5. The molecule has 4 heterocycles. The van der Waals surface area contributed by atoms with Crippen molar-refractivity contribution in [3.8, 4) is 45.0 Å². The minimum Gasteiger partial charge on any atom is -0.255 e. The fourth-order valence-electron chi connectivity index (χ4n) is 6.36. The van der Waals surface area contributed by atoms with E-state index in [2.05, 4.69) is 113 Å². The first-order valence-electron chi connectivity index (χ1n) is 15.3. The van der Waals surface area contributed by atoms with Gasteiger partial charge in [-0.3, -0.25) is 9.97 Å². The van der Waals surface area contributed by atoms with Crippen LogP contribution in [0.5, 0.6) is 0 Å². The van der Waals surface area contributed by atoms with Crippen molar-refractivity contribution in [2.45, 2.75) is 0 Å². The van der Waals surface area contributed by atoms with Crippen molar-refractivity contribution in [3.63, 3.8) is 0 Å². The zero-order valence-corrected chi connectivity index (χ0v) is 24.7. The van der Waals surface area contributed by atoms with Crippen LogP contribution in [0.4, 0.5) is 0 Å². The van der Waals surface area contributed by atoms with E-state index in [-0.39, 0.29) is 0 Å². The Morgan fingerprint density at radius 3 is 1.93 bits per heavy atom. The third-order valence-electron chi connectivity index (χ3n) is 8.56. The van der Waals surface area contributed by atoms with Gasteiger partial charge in [-0.25, -0.2) is 15.0 Å². The molecule has 0 bridgehead atoms. The summed E-state index contributed by atoms with van der Waals surface area (Å²) in [6.45, 7) is 0. The van der Waals surface area contributed by atoms with Crippen molar-refractivity contribution >= 4 is 43.6 Å². The molecule has 9 aromatic rings. The highest BCUT2D eigenvalue weighted by molar-refractivity contribution is 6.04. The molecule has 0 unspecified atom stereocenters. The molecule has 0 atom stereocenters. The maximum absolute atomic E-state index is 5.25. The second-order valence-electron chi connectivity index (χ2n) is 11.3. The lowest BCUT2D eigenvalue weighted by Gasteiger charge is -2.14. The van der Waals surface area contributed by atoms with Crippen LogP contribution in [-0.4, -0.2) is 24.9 Å². The largest absolute Gasteiger partial charge is 0.255 e. The number of pyridine rings is 3. The Labute approximate surface area is 264 Å². The molecule has 9 rings (SSSR count). The normalized spacial score (nSPS) is 11.5. The molecule has 0 N–H and O–H groups in total. The molecular formula is C41H25N5. The van der Waals surface area contributed by atoms with Gasteiger partial charge in [-0.1, -0.05) is 103 Å². The van der Waals surface area contributed by atoms with E-state index >= 15 is 0 Å². The van der Waals surface area contributed by atoms with Gasteiger partial charge in [-0.15, -0.1) is 0 Å². The predicted octanol–water partition coefficient (Wildman–Crippen LogP) is 9.94. The summed E-state index contributed by atoms with van der Waals surface area (Å²) in [5.74, 6) is 0.655. The second-order valence-corrected chi connectivity index (χ2v) is 11.3. The highest BCUT2D eigenvalue weighted by Gasteiger charge is 2.17. The second kappa shape index (κ2) is 10.7. The highest BCUT2D eigenvalue weighted by Crippen LogP contribution is 2.38. The summed E-state index contributed by atoms with van der Waals surface area (Å²) in [7, 11) is 0. The van der Waals surface area contributed by atoms with E-state index in [4.69, 9.17) is 15.0 Å². The van der Waals surface area contributed by atoms with Gasteiger partial charge in [0, 0.05) is 50.6 Å². The summed E-state index contributed by atoms with van der Waals surface area (Å²) in [5, 5.41) is 4.21.